The average Bonchev–Trinajstić information content (AvgIpc) is 2.45. The van der Waals surface area contributed by atoms with Gasteiger partial charge in [-0.05, 0) is 12.5 Å². The molecule has 7 nitrogen and oxygen atoms in total. The van der Waals surface area contributed by atoms with Crippen LogP contribution in [0.1, 0.15) is 11.4 Å². The number of nitrogens with zero attached hydrogens (tertiary/aromatic N) is 4. The van der Waals surface area contributed by atoms with E-state index >= 15 is 0 Å². The second-order valence-corrected chi connectivity index (χ2v) is 4.84. The molecular formula is C13H11N5O2S. The van der Waals surface area contributed by atoms with Crippen LogP contribution in [0, 0.1) is 27.7 Å². The zero-order chi connectivity index (χ0) is 15.2. The monoisotopic (exact) mass is 301 g/mol. The van der Waals surface area contributed by atoms with Gasteiger partial charge in [0.25, 0.3) is 0 Å². The fraction of sp³-hybridized carbons (Fsp3) is 0.154. The number of thioether (sulfide) groups is 1. The Kier molecular flexibility index (Phi) is 4.68. The zero-order valence-corrected chi connectivity index (χ0v) is 11.9. The summed E-state index contributed by atoms with van der Waals surface area (Å²) in [4.78, 5) is 18.6. The van der Waals surface area contributed by atoms with Gasteiger partial charge in [-0.1, -0.05) is 30.3 Å². The third-order valence-corrected chi connectivity index (χ3v) is 3.16. The number of hydrogen-bond donors (Lipinski definition) is 1. The summed E-state index contributed by atoms with van der Waals surface area (Å²) < 4.78 is 0. The summed E-state index contributed by atoms with van der Waals surface area (Å²) >= 11 is 0.653. The maximum absolute atomic E-state index is 11.2. The summed E-state index contributed by atoms with van der Waals surface area (Å²) in [5.74, 6) is 0.489. The summed E-state index contributed by atoms with van der Waals surface area (Å²) in [6.07, 6.45) is 0. The topological polar surface area (TPSA) is 105 Å². The summed E-state index contributed by atoms with van der Waals surface area (Å²) in [5.41, 5.74) is 0.695. The van der Waals surface area contributed by atoms with Crippen molar-refractivity contribution in [2.45, 2.75) is 18.5 Å². The Morgan fingerprint density at radius 3 is 2.71 bits per heavy atom. The third kappa shape index (κ3) is 3.67. The van der Waals surface area contributed by atoms with Gasteiger partial charge in [-0.25, -0.2) is 9.97 Å². The minimum atomic E-state index is -0.577. The van der Waals surface area contributed by atoms with E-state index in [-0.39, 0.29) is 16.5 Å². The van der Waals surface area contributed by atoms with Crippen molar-refractivity contribution < 1.29 is 4.92 Å². The molecule has 0 aliphatic carbocycles. The minimum absolute atomic E-state index is 0.0468. The van der Waals surface area contributed by atoms with E-state index < -0.39 is 4.92 Å². The molecule has 0 fully saturated rings. The van der Waals surface area contributed by atoms with Crippen molar-refractivity contribution in [3.8, 4) is 5.40 Å². The molecule has 1 aromatic heterocycles. The maximum Gasteiger partial charge on any atom is 0.344 e. The van der Waals surface area contributed by atoms with Gasteiger partial charge in [-0.3, -0.25) is 10.1 Å². The van der Waals surface area contributed by atoms with E-state index in [0.29, 0.717) is 24.1 Å². The summed E-state index contributed by atoms with van der Waals surface area (Å²) in [7, 11) is 0. The molecule has 0 saturated heterocycles. The summed E-state index contributed by atoms with van der Waals surface area (Å²) in [6, 6.07) is 9.46. The first-order valence-corrected chi connectivity index (χ1v) is 6.80. The molecule has 0 aliphatic heterocycles. The molecular weight excluding hydrogens is 290 g/mol. The summed E-state index contributed by atoms with van der Waals surface area (Å²) in [5, 5.41) is 24.7. The van der Waals surface area contributed by atoms with Crippen molar-refractivity contribution in [1.29, 1.82) is 5.26 Å². The molecule has 0 amide bonds. The number of anilines is 1. The molecule has 1 heterocycles. The van der Waals surface area contributed by atoms with Crippen LogP contribution >= 0.6 is 11.8 Å². The van der Waals surface area contributed by atoms with Gasteiger partial charge in [0, 0.05) is 18.3 Å². The van der Waals surface area contributed by atoms with Crippen molar-refractivity contribution in [3.05, 3.63) is 51.8 Å². The molecule has 0 unspecified atom stereocenters. The molecule has 0 spiro atoms. The number of thiocyanates is 1. The van der Waals surface area contributed by atoms with Crippen LogP contribution in [0.5, 0.6) is 0 Å². The Bertz CT molecular complexity index is 700. The molecule has 0 atom stereocenters. The van der Waals surface area contributed by atoms with Crippen LogP contribution in [-0.4, -0.2) is 14.9 Å². The predicted molar refractivity (Wildman–Crippen MR) is 78.7 cm³/mol. The Labute approximate surface area is 125 Å². The molecule has 0 saturated carbocycles. The molecule has 8 heteroatoms. The van der Waals surface area contributed by atoms with Crippen molar-refractivity contribution >= 4 is 23.3 Å². The van der Waals surface area contributed by atoms with Crippen molar-refractivity contribution in [3.63, 3.8) is 0 Å². The molecule has 1 aromatic carbocycles. The Balaban J connectivity index is 2.33. The van der Waals surface area contributed by atoms with Gasteiger partial charge in [0.2, 0.25) is 5.82 Å². The normalized spacial score (nSPS) is 9.90. The quantitative estimate of drug-likeness (QED) is 0.297. The second kappa shape index (κ2) is 6.67. The lowest BCUT2D eigenvalue weighted by Crippen LogP contribution is -2.08. The van der Waals surface area contributed by atoms with E-state index in [0.717, 1.165) is 5.56 Å². The first-order valence-electron chi connectivity index (χ1n) is 5.98. The van der Waals surface area contributed by atoms with Gasteiger partial charge in [-0.2, -0.15) is 5.26 Å². The van der Waals surface area contributed by atoms with E-state index in [2.05, 4.69) is 15.3 Å². The van der Waals surface area contributed by atoms with Crippen molar-refractivity contribution in [2.75, 3.05) is 5.32 Å². The third-order valence-electron chi connectivity index (χ3n) is 2.59. The minimum Gasteiger partial charge on any atom is -0.360 e. The van der Waals surface area contributed by atoms with Gasteiger partial charge >= 0.3 is 5.69 Å². The second-order valence-electron chi connectivity index (χ2n) is 4.06. The number of nitro groups is 1. The van der Waals surface area contributed by atoms with Gasteiger partial charge in [0.1, 0.15) is 11.2 Å². The fourth-order valence-electron chi connectivity index (χ4n) is 1.72. The van der Waals surface area contributed by atoms with Gasteiger partial charge in [0.05, 0.1) is 4.92 Å². The lowest BCUT2D eigenvalue weighted by Gasteiger charge is -2.08. The molecule has 0 radical (unpaired) electrons. The lowest BCUT2D eigenvalue weighted by atomic mass is 10.2. The van der Waals surface area contributed by atoms with E-state index in [1.165, 1.54) is 0 Å². The van der Waals surface area contributed by atoms with E-state index in [1.54, 1.807) is 12.3 Å². The molecule has 2 aromatic rings. The number of nitriles is 1. The standard InChI is InChI=1S/C13H11N5O2S/c1-9-16-12(15-7-10-5-3-2-4-6-10)11(18(19)20)13(17-9)21-8-14/h2-6H,7H2,1H3,(H,15,16,17). The van der Waals surface area contributed by atoms with E-state index in [4.69, 9.17) is 5.26 Å². The number of aromatic nitrogens is 2. The van der Waals surface area contributed by atoms with Crippen LogP contribution < -0.4 is 5.32 Å². The Hall–Kier alpha value is -2.66. The first-order chi connectivity index (χ1) is 10.1. The van der Waals surface area contributed by atoms with Crippen LogP contribution in [0.15, 0.2) is 35.4 Å². The highest BCUT2D eigenvalue weighted by atomic mass is 32.2. The van der Waals surface area contributed by atoms with Crippen molar-refractivity contribution in [2.24, 2.45) is 0 Å². The highest BCUT2D eigenvalue weighted by Gasteiger charge is 2.24. The largest absolute Gasteiger partial charge is 0.360 e. The molecule has 0 bridgehead atoms. The number of aryl methyl sites for hydroxylation is 1. The first kappa shape index (κ1) is 14.7. The lowest BCUT2D eigenvalue weighted by molar-refractivity contribution is -0.387. The number of rotatable bonds is 5. The highest BCUT2D eigenvalue weighted by Crippen LogP contribution is 2.32. The van der Waals surface area contributed by atoms with Crippen LogP contribution in [0.2, 0.25) is 0 Å². The maximum atomic E-state index is 11.2. The average molecular weight is 301 g/mol. The molecule has 2 rings (SSSR count). The number of benzene rings is 1. The SMILES string of the molecule is Cc1nc(NCc2ccccc2)c([N+](=O)[O-])c(SC#N)n1. The van der Waals surface area contributed by atoms with Crippen LogP contribution in [0.3, 0.4) is 0 Å². The van der Waals surface area contributed by atoms with Crippen LogP contribution in [-0.2, 0) is 6.54 Å². The predicted octanol–water partition coefficient (Wildman–Crippen LogP) is 2.88. The van der Waals surface area contributed by atoms with E-state index in [1.807, 2.05) is 30.3 Å². The van der Waals surface area contributed by atoms with Crippen LogP contribution in [0.4, 0.5) is 11.5 Å². The van der Waals surface area contributed by atoms with Gasteiger partial charge in [-0.15, -0.1) is 0 Å². The Morgan fingerprint density at radius 1 is 1.38 bits per heavy atom. The molecule has 1 N–H and O–H groups in total. The molecule has 106 valence electrons. The van der Waals surface area contributed by atoms with Gasteiger partial charge in [0.15, 0.2) is 5.03 Å². The van der Waals surface area contributed by atoms with E-state index in [9.17, 15) is 10.1 Å². The molecule has 21 heavy (non-hydrogen) atoms. The smallest absolute Gasteiger partial charge is 0.344 e. The fourth-order valence-corrected chi connectivity index (χ4v) is 2.26. The highest BCUT2D eigenvalue weighted by molar-refractivity contribution is 8.03. The molecule has 0 aliphatic rings. The number of nitrogens with one attached hydrogen (secondary N) is 1. The van der Waals surface area contributed by atoms with Crippen LogP contribution in [0.25, 0.3) is 0 Å². The number of hydrogen-bond acceptors (Lipinski definition) is 7. The van der Waals surface area contributed by atoms with Gasteiger partial charge < -0.3 is 5.32 Å². The summed E-state index contributed by atoms with van der Waals surface area (Å²) in [6.45, 7) is 2.02. The van der Waals surface area contributed by atoms with Crippen molar-refractivity contribution in [1.82, 2.24) is 9.97 Å². The Morgan fingerprint density at radius 2 is 2.10 bits per heavy atom. The zero-order valence-electron chi connectivity index (χ0n) is 11.1.